The van der Waals surface area contributed by atoms with Crippen LogP contribution in [0.3, 0.4) is 0 Å². The highest BCUT2D eigenvalue weighted by Gasteiger charge is 2.21. The number of rotatable bonds is 10. The van der Waals surface area contributed by atoms with Gasteiger partial charge in [0.15, 0.2) is 6.23 Å². The van der Waals surface area contributed by atoms with Crippen LogP contribution in [0.4, 0.5) is 5.69 Å². The second-order valence-electron chi connectivity index (χ2n) is 11.0. The Balaban J connectivity index is 1.63. The quantitative estimate of drug-likeness (QED) is 0.156. The molecule has 4 N–H and O–H groups in total. The Morgan fingerprint density at radius 3 is 2.43 bits per heavy atom. The van der Waals surface area contributed by atoms with Crippen molar-refractivity contribution in [3.8, 4) is 16.9 Å². The number of halogens is 1. The van der Waals surface area contributed by atoms with E-state index in [4.69, 9.17) is 21.3 Å². The molecule has 0 radical (unpaired) electrons. The summed E-state index contributed by atoms with van der Waals surface area (Å²) in [6, 6.07) is 17.3. The third-order valence-electron chi connectivity index (χ3n) is 7.71. The number of aliphatic imine (C=N–C) groups is 1. The molecule has 0 saturated heterocycles. The summed E-state index contributed by atoms with van der Waals surface area (Å²) in [6.07, 6.45) is 0.482. The van der Waals surface area contributed by atoms with E-state index in [1.807, 2.05) is 52.1 Å². The molecule has 42 heavy (non-hydrogen) atoms. The maximum absolute atomic E-state index is 13.5. The van der Waals surface area contributed by atoms with Crippen molar-refractivity contribution < 1.29 is 14.6 Å². The molecule has 4 rings (SSSR count). The van der Waals surface area contributed by atoms with Gasteiger partial charge < -0.3 is 20.5 Å². The number of nitrogens with one attached hydrogen (secondary N) is 3. The molecule has 222 valence electrons. The average Bonchev–Trinajstić information content (AvgIpc) is 2.97. The van der Waals surface area contributed by atoms with Gasteiger partial charge in [-0.2, -0.15) is 0 Å². The largest absolute Gasteiger partial charge is 0.470 e. The zero-order valence-electron chi connectivity index (χ0n) is 25.3. The maximum Gasteiger partial charge on any atom is 0.270 e. The van der Waals surface area contributed by atoms with Crippen LogP contribution in [0.5, 0.6) is 5.75 Å². The van der Waals surface area contributed by atoms with E-state index in [9.17, 15) is 9.90 Å². The van der Waals surface area contributed by atoms with E-state index in [2.05, 4.69) is 41.9 Å². The number of ether oxygens (including phenoxy) is 1. The Morgan fingerprint density at radius 1 is 1.07 bits per heavy atom. The molecule has 3 aromatic rings. The first-order chi connectivity index (χ1) is 20.1. The Kier molecular flexibility index (Phi) is 10.6. The van der Waals surface area contributed by atoms with E-state index in [1.54, 1.807) is 18.2 Å². The van der Waals surface area contributed by atoms with Gasteiger partial charge in [-0.25, -0.2) is 0 Å². The van der Waals surface area contributed by atoms with E-state index >= 15 is 0 Å². The van der Waals surface area contributed by atoms with Gasteiger partial charge in [-0.3, -0.25) is 15.1 Å². The molecular weight excluding hydrogens is 548 g/mol. The molecule has 3 aromatic carbocycles. The molecule has 1 atom stereocenters. The van der Waals surface area contributed by atoms with Gasteiger partial charge in [-0.1, -0.05) is 61.8 Å². The molecule has 7 nitrogen and oxygen atoms in total. The molecule has 0 bridgehead atoms. The van der Waals surface area contributed by atoms with E-state index in [-0.39, 0.29) is 18.4 Å². The average molecular weight is 589 g/mol. The van der Waals surface area contributed by atoms with Gasteiger partial charge >= 0.3 is 0 Å². The fourth-order valence-electron chi connectivity index (χ4n) is 5.12. The lowest BCUT2D eigenvalue weighted by atomic mass is 9.92. The molecule has 0 fully saturated rings. The number of benzene rings is 3. The minimum absolute atomic E-state index is 0.0264. The molecule has 1 aliphatic rings. The molecule has 0 saturated carbocycles. The summed E-state index contributed by atoms with van der Waals surface area (Å²) in [5, 5.41) is 19.6. The summed E-state index contributed by atoms with van der Waals surface area (Å²) in [5.74, 6) is 0.312. The van der Waals surface area contributed by atoms with Gasteiger partial charge in [-0.15, -0.1) is 0 Å². The highest BCUT2D eigenvalue weighted by atomic mass is 35.5. The van der Waals surface area contributed by atoms with E-state index in [0.29, 0.717) is 23.0 Å². The van der Waals surface area contributed by atoms with E-state index < -0.39 is 6.23 Å². The van der Waals surface area contributed by atoms with Crippen molar-refractivity contribution >= 4 is 28.9 Å². The first kappa shape index (κ1) is 31.4. The zero-order valence-corrected chi connectivity index (χ0v) is 26.0. The Labute approximate surface area is 254 Å². The summed E-state index contributed by atoms with van der Waals surface area (Å²) in [5.41, 5.74) is 9.20. The van der Waals surface area contributed by atoms with Crippen molar-refractivity contribution in [3.63, 3.8) is 0 Å². The summed E-state index contributed by atoms with van der Waals surface area (Å²) >= 11 is 6.43. The second-order valence-corrected chi connectivity index (χ2v) is 11.4. The maximum atomic E-state index is 13.5. The van der Waals surface area contributed by atoms with Crippen LogP contribution in [-0.4, -0.2) is 36.9 Å². The Morgan fingerprint density at radius 2 is 1.79 bits per heavy atom. The summed E-state index contributed by atoms with van der Waals surface area (Å²) < 4.78 is 6.27. The first-order valence-electron chi connectivity index (χ1n) is 14.4. The standard InChI is InChI=1S/C34H41ClN4O3/c1-20(2)32(38-30-18-37-16-15-21(30)3)33(41)39-29-12-8-10-26(23(29)5)25-9-7-11-27(22(25)4)34(36-6)42-31-14-13-24(19-40)17-28(31)35/h7-14,17,20,34,36-37,40H,15-16,18-19H2,1-6H3,(H,39,41)/b38-32+. The third kappa shape index (κ3) is 7.10. The van der Waals surface area contributed by atoms with Crippen LogP contribution < -0.4 is 20.7 Å². The topological polar surface area (TPSA) is 95.0 Å². The Hall–Kier alpha value is -3.49. The third-order valence-corrected chi connectivity index (χ3v) is 8.01. The molecular formula is C34H41ClN4O3. The van der Waals surface area contributed by atoms with Crippen molar-refractivity contribution in [2.75, 3.05) is 25.5 Å². The number of hydrogen-bond acceptors (Lipinski definition) is 6. The van der Waals surface area contributed by atoms with Crippen molar-refractivity contribution in [2.45, 2.75) is 53.9 Å². The number of nitrogens with zero attached hydrogens (tertiary/aromatic N) is 1. The van der Waals surface area contributed by atoms with Crippen LogP contribution in [0.1, 0.15) is 55.7 Å². The smallest absolute Gasteiger partial charge is 0.270 e. The molecule has 0 aromatic heterocycles. The minimum atomic E-state index is -0.456. The lowest BCUT2D eigenvalue weighted by molar-refractivity contribution is -0.110. The predicted octanol–water partition coefficient (Wildman–Crippen LogP) is 6.72. The molecule has 1 unspecified atom stereocenters. The number of carbonyl (C=O) groups excluding carboxylic acids is 1. The summed E-state index contributed by atoms with van der Waals surface area (Å²) in [6.45, 7) is 11.7. The number of anilines is 1. The van der Waals surface area contributed by atoms with Crippen LogP contribution in [0.2, 0.25) is 5.02 Å². The van der Waals surface area contributed by atoms with Gasteiger partial charge in [0.05, 0.1) is 17.3 Å². The van der Waals surface area contributed by atoms with E-state index in [0.717, 1.165) is 57.7 Å². The number of aliphatic hydroxyl groups excluding tert-OH is 1. The lowest BCUT2D eigenvalue weighted by Gasteiger charge is -2.23. The van der Waals surface area contributed by atoms with Crippen LogP contribution in [0, 0.1) is 19.8 Å². The molecule has 0 spiro atoms. The monoisotopic (exact) mass is 588 g/mol. The van der Waals surface area contributed by atoms with Gasteiger partial charge in [0, 0.05) is 23.7 Å². The van der Waals surface area contributed by atoms with Crippen molar-refractivity contribution in [1.82, 2.24) is 10.6 Å². The van der Waals surface area contributed by atoms with Gasteiger partial charge in [0.2, 0.25) is 0 Å². The predicted molar refractivity (Wildman–Crippen MR) is 172 cm³/mol. The SMILES string of the molecule is CNC(Oc1ccc(CO)cc1Cl)c1cccc(-c2cccc(NC(=O)/C(=N/C3=C(C)CCNC3)C(C)C)c2C)c1C. The van der Waals surface area contributed by atoms with Crippen molar-refractivity contribution in [1.29, 1.82) is 0 Å². The van der Waals surface area contributed by atoms with Crippen LogP contribution in [-0.2, 0) is 11.4 Å². The molecule has 1 aliphatic heterocycles. The molecule has 1 heterocycles. The number of aliphatic hydroxyl groups is 1. The van der Waals surface area contributed by atoms with Crippen molar-refractivity contribution in [2.24, 2.45) is 10.9 Å². The molecule has 8 heteroatoms. The summed E-state index contributed by atoms with van der Waals surface area (Å²) in [4.78, 5) is 18.3. The minimum Gasteiger partial charge on any atom is -0.470 e. The summed E-state index contributed by atoms with van der Waals surface area (Å²) in [7, 11) is 1.84. The zero-order chi connectivity index (χ0) is 30.4. The van der Waals surface area contributed by atoms with Gasteiger partial charge in [-0.05, 0) is 92.4 Å². The van der Waals surface area contributed by atoms with Crippen molar-refractivity contribution in [3.05, 3.63) is 93.1 Å². The van der Waals surface area contributed by atoms with Crippen LogP contribution in [0.15, 0.2) is 70.9 Å². The molecule has 1 amide bonds. The van der Waals surface area contributed by atoms with Crippen LogP contribution in [0.25, 0.3) is 11.1 Å². The number of amides is 1. The van der Waals surface area contributed by atoms with E-state index in [1.165, 1.54) is 5.57 Å². The lowest BCUT2D eigenvalue weighted by Crippen LogP contribution is -2.30. The normalized spacial score (nSPS) is 14.7. The van der Waals surface area contributed by atoms with Gasteiger partial charge in [0.25, 0.3) is 5.91 Å². The molecule has 0 aliphatic carbocycles. The Bertz CT molecular complexity index is 1510. The second kappa shape index (κ2) is 14.1. The first-order valence-corrected chi connectivity index (χ1v) is 14.7. The fraction of sp³-hybridized carbons (Fsp3) is 0.353. The number of hydrogen-bond donors (Lipinski definition) is 4. The highest BCUT2D eigenvalue weighted by molar-refractivity contribution is 6.44. The highest BCUT2D eigenvalue weighted by Crippen LogP contribution is 2.36. The van der Waals surface area contributed by atoms with Crippen LogP contribution >= 0.6 is 11.6 Å². The van der Waals surface area contributed by atoms with Gasteiger partial charge in [0.1, 0.15) is 11.5 Å². The number of carbonyl (C=O) groups is 1. The fourth-order valence-corrected chi connectivity index (χ4v) is 5.37.